The average molecular weight is 367 g/mol. The maximum Gasteiger partial charge on any atom is 0.303 e. The van der Waals surface area contributed by atoms with Crippen molar-refractivity contribution in [1.82, 2.24) is 5.32 Å². The van der Waals surface area contributed by atoms with E-state index in [0.29, 0.717) is 23.4 Å². The normalized spacial score (nSPS) is 21.0. The van der Waals surface area contributed by atoms with Crippen molar-refractivity contribution in [2.45, 2.75) is 64.4 Å². The van der Waals surface area contributed by atoms with Crippen LogP contribution in [0.25, 0.3) is 0 Å². The van der Waals surface area contributed by atoms with Gasteiger partial charge in [0.1, 0.15) is 24.2 Å². The van der Waals surface area contributed by atoms with Gasteiger partial charge in [-0.3, -0.25) is 4.79 Å². The number of phenolic OH excluding ortho intramolecular Hbond substituents is 1. The van der Waals surface area contributed by atoms with Crippen molar-refractivity contribution < 1.29 is 29.6 Å². The molecule has 3 unspecified atom stereocenters. The third-order valence-corrected chi connectivity index (χ3v) is 4.25. The number of fused-ring (bicyclic) bond motifs is 1. The van der Waals surface area contributed by atoms with E-state index in [4.69, 9.17) is 9.47 Å². The number of hydrogen-bond acceptors (Lipinski definition) is 7. The highest BCUT2D eigenvalue weighted by Crippen LogP contribution is 2.35. The Morgan fingerprint density at radius 3 is 2.42 bits per heavy atom. The third-order valence-electron chi connectivity index (χ3n) is 4.25. The molecule has 3 atom stereocenters. The Hall–Kier alpha value is -1.83. The quantitative estimate of drug-likeness (QED) is 0.554. The molecule has 0 aliphatic heterocycles. The molecule has 0 fully saturated rings. The first-order valence-corrected chi connectivity index (χ1v) is 8.81. The van der Waals surface area contributed by atoms with Gasteiger partial charge < -0.3 is 30.1 Å². The highest BCUT2D eigenvalue weighted by molar-refractivity contribution is 5.66. The van der Waals surface area contributed by atoms with Crippen molar-refractivity contribution in [2.24, 2.45) is 0 Å². The van der Waals surface area contributed by atoms with Gasteiger partial charge in [0, 0.05) is 43.0 Å². The van der Waals surface area contributed by atoms with Gasteiger partial charge in [0.25, 0.3) is 0 Å². The molecule has 1 aromatic carbocycles. The van der Waals surface area contributed by atoms with Crippen molar-refractivity contribution in [2.75, 3.05) is 13.2 Å². The lowest BCUT2D eigenvalue weighted by Crippen LogP contribution is -2.44. The summed E-state index contributed by atoms with van der Waals surface area (Å²) in [6.07, 6.45) is -1.93. The van der Waals surface area contributed by atoms with Crippen molar-refractivity contribution in [1.29, 1.82) is 0 Å². The SMILES string of the molecule is CC(=O)OC(CNC(C)(C)C)COc1ccc(O)c2c1CC(O)C(O)C2. The molecule has 0 amide bonds. The molecule has 0 aromatic heterocycles. The fourth-order valence-corrected chi connectivity index (χ4v) is 2.91. The number of hydrogen-bond donors (Lipinski definition) is 4. The lowest BCUT2D eigenvalue weighted by molar-refractivity contribution is -0.147. The van der Waals surface area contributed by atoms with Gasteiger partial charge in [0.05, 0.1) is 12.2 Å². The average Bonchev–Trinajstić information content (AvgIpc) is 2.52. The number of benzene rings is 1. The molecule has 7 heteroatoms. The first-order valence-electron chi connectivity index (χ1n) is 8.81. The molecule has 0 saturated heterocycles. The molecule has 146 valence electrons. The van der Waals surface area contributed by atoms with Gasteiger partial charge in [-0.15, -0.1) is 0 Å². The van der Waals surface area contributed by atoms with Gasteiger partial charge in [0.15, 0.2) is 0 Å². The third kappa shape index (κ3) is 5.59. The second-order valence-corrected chi connectivity index (χ2v) is 7.76. The summed E-state index contributed by atoms with van der Waals surface area (Å²) < 4.78 is 11.2. The largest absolute Gasteiger partial charge is 0.508 e. The zero-order valence-corrected chi connectivity index (χ0v) is 15.8. The topological polar surface area (TPSA) is 108 Å². The molecular weight excluding hydrogens is 338 g/mol. The molecule has 26 heavy (non-hydrogen) atoms. The molecular formula is C19H29NO6. The Bertz CT molecular complexity index is 640. The van der Waals surface area contributed by atoms with E-state index < -0.39 is 18.3 Å². The van der Waals surface area contributed by atoms with Gasteiger partial charge >= 0.3 is 5.97 Å². The number of aliphatic hydroxyl groups is 2. The van der Waals surface area contributed by atoms with Gasteiger partial charge in [-0.1, -0.05) is 0 Å². The van der Waals surface area contributed by atoms with Crippen molar-refractivity contribution in [3.63, 3.8) is 0 Å². The van der Waals surface area contributed by atoms with E-state index >= 15 is 0 Å². The van der Waals surface area contributed by atoms with Crippen LogP contribution in [-0.2, 0) is 22.4 Å². The van der Waals surface area contributed by atoms with Gasteiger partial charge in [-0.05, 0) is 32.9 Å². The number of carbonyl (C=O) groups excluding carboxylic acids is 1. The molecule has 1 aromatic rings. The minimum atomic E-state index is -0.909. The highest BCUT2D eigenvalue weighted by atomic mass is 16.6. The Morgan fingerprint density at radius 1 is 1.23 bits per heavy atom. The smallest absolute Gasteiger partial charge is 0.303 e. The van der Waals surface area contributed by atoms with Crippen LogP contribution in [0.2, 0.25) is 0 Å². The zero-order chi connectivity index (χ0) is 19.5. The van der Waals surface area contributed by atoms with E-state index in [2.05, 4.69) is 5.32 Å². The summed E-state index contributed by atoms with van der Waals surface area (Å²) in [5.74, 6) is 0.196. The second-order valence-electron chi connectivity index (χ2n) is 7.76. The predicted molar refractivity (Wildman–Crippen MR) is 96.3 cm³/mol. The van der Waals surface area contributed by atoms with Crippen LogP contribution < -0.4 is 10.1 Å². The second kappa shape index (κ2) is 8.24. The minimum Gasteiger partial charge on any atom is -0.508 e. The van der Waals surface area contributed by atoms with Crippen molar-refractivity contribution >= 4 is 5.97 Å². The van der Waals surface area contributed by atoms with Crippen LogP contribution in [0.1, 0.15) is 38.8 Å². The Morgan fingerprint density at radius 2 is 1.85 bits per heavy atom. The van der Waals surface area contributed by atoms with Crippen LogP contribution >= 0.6 is 0 Å². The van der Waals surface area contributed by atoms with E-state index in [1.807, 2.05) is 20.8 Å². The van der Waals surface area contributed by atoms with Crippen LogP contribution in [-0.4, -0.2) is 58.3 Å². The predicted octanol–water partition coefficient (Wildman–Crippen LogP) is 0.911. The van der Waals surface area contributed by atoms with E-state index in [1.165, 1.54) is 13.0 Å². The van der Waals surface area contributed by atoms with Crippen LogP contribution in [0.3, 0.4) is 0 Å². The molecule has 0 bridgehead atoms. The van der Waals surface area contributed by atoms with Gasteiger partial charge in [-0.25, -0.2) is 0 Å². The zero-order valence-electron chi connectivity index (χ0n) is 15.8. The van der Waals surface area contributed by atoms with Crippen molar-refractivity contribution in [3.05, 3.63) is 23.3 Å². The van der Waals surface area contributed by atoms with E-state index in [9.17, 15) is 20.1 Å². The molecule has 0 saturated carbocycles. The van der Waals surface area contributed by atoms with Crippen LogP contribution in [0.5, 0.6) is 11.5 Å². The van der Waals surface area contributed by atoms with E-state index in [1.54, 1.807) is 6.07 Å². The first-order chi connectivity index (χ1) is 12.1. The molecule has 0 radical (unpaired) electrons. The Balaban J connectivity index is 2.11. The molecule has 7 nitrogen and oxygen atoms in total. The summed E-state index contributed by atoms with van der Waals surface area (Å²) in [5, 5.41) is 33.1. The van der Waals surface area contributed by atoms with Gasteiger partial charge in [0.2, 0.25) is 0 Å². The maximum absolute atomic E-state index is 11.3. The molecule has 4 N–H and O–H groups in total. The summed E-state index contributed by atoms with van der Waals surface area (Å²) in [6, 6.07) is 3.13. The number of ether oxygens (including phenoxy) is 2. The number of rotatable bonds is 6. The lowest BCUT2D eigenvalue weighted by Gasteiger charge is -2.29. The van der Waals surface area contributed by atoms with Gasteiger partial charge in [-0.2, -0.15) is 0 Å². The molecule has 0 heterocycles. The van der Waals surface area contributed by atoms with Crippen LogP contribution in [0.15, 0.2) is 12.1 Å². The number of carbonyl (C=O) groups is 1. The fourth-order valence-electron chi connectivity index (χ4n) is 2.91. The lowest BCUT2D eigenvalue weighted by atomic mass is 9.86. The maximum atomic E-state index is 11.3. The summed E-state index contributed by atoms with van der Waals surface area (Å²) in [6.45, 7) is 7.97. The summed E-state index contributed by atoms with van der Waals surface area (Å²) >= 11 is 0. The Kier molecular flexibility index (Phi) is 6.49. The van der Waals surface area contributed by atoms with Crippen LogP contribution in [0, 0.1) is 0 Å². The van der Waals surface area contributed by atoms with Crippen LogP contribution in [0.4, 0.5) is 0 Å². The number of esters is 1. The Labute approximate surface area is 153 Å². The summed E-state index contributed by atoms with van der Waals surface area (Å²) in [4.78, 5) is 11.3. The summed E-state index contributed by atoms with van der Waals surface area (Å²) in [7, 11) is 0. The highest BCUT2D eigenvalue weighted by Gasteiger charge is 2.30. The number of phenols is 1. The van der Waals surface area contributed by atoms with E-state index in [0.717, 1.165) is 0 Å². The molecule has 1 aliphatic rings. The standard InChI is InChI=1S/C19H29NO6/c1-11(21)26-12(9-20-19(2,3)4)10-25-18-6-5-15(22)13-7-16(23)17(24)8-14(13)18/h5-6,12,16-17,20,22-24H,7-10H2,1-4H3. The molecule has 1 aliphatic carbocycles. The summed E-state index contributed by atoms with van der Waals surface area (Å²) in [5.41, 5.74) is 1.13. The number of aliphatic hydroxyl groups excluding tert-OH is 2. The minimum absolute atomic E-state index is 0.0734. The number of aromatic hydroxyl groups is 1. The molecule has 0 spiro atoms. The number of nitrogens with one attached hydrogen (secondary N) is 1. The first kappa shape index (κ1) is 20.5. The molecule has 2 rings (SSSR count). The monoisotopic (exact) mass is 367 g/mol. The van der Waals surface area contributed by atoms with E-state index in [-0.39, 0.29) is 36.7 Å². The fraction of sp³-hybridized carbons (Fsp3) is 0.632. The van der Waals surface area contributed by atoms with Crippen molar-refractivity contribution in [3.8, 4) is 11.5 Å².